The van der Waals surface area contributed by atoms with Gasteiger partial charge in [0.2, 0.25) is 11.8 Å². The number of ether oxygens (including phenoxy) is 1. The summed E-state index contributed by atoms with van der Waals surface area (Å²) in [6, 6.07) is 3.87. The van der Waals surface area contributed by atoms with Gasteiger partial charge in [-0.1, -0.05) is 6.07 Å². The average Bonchev–Trinajstić information content (AvgIpc) is 3.48. The highest BCUT2D eigenvalue weighted by atomic mass is 32.1. The quantitative estimate of drug-likeness (QED) is 0.674. The second-order valence-corrected chi connectivity index (χ2v) is 8.64. The molecule has 8 nitrogen and oxygen atoms in total. The first-order valence-corrected chi connectivity index (χ1v) is 11.1. The fraction of sp³-hybridized carbons (Fsp3) is 0.524. The molecule has 0 unspecified atom stereocenters. The Hall–Kier alpha value is -2.52. The van der Waals surface area contributed by atoms with Gasteiger partial charge in [-0.2, -0.15) is 0 Å². The maximum atomic E-state index is 12.6. The van der Waals surface area contributed by atoms with Crippen molar-refractivity contribution in [2.24, 2.45) is 0 Å². The second-order valence-electron chi connectivity index (χ2n) is 7.64. The molecule has 2 aliphatic heterocycles. The van der Waals surface area contributed by atoms with Crippen LogP contribution in [0.25, 0.3) is 10.2 Å². The predicted molar refractivity (Wildman–Crippen MR) is 114 cm³/mol. The van der Waals surface area contributed by atoms with Crippen LogP contribution in [0, 0.1) is 0 Å². The third-order valence-electron chi connectivity index (χ3n) is 5.79. The molecule has 0 aromatic carbocycles. The number of carbonyl (C=O) groups is 3. The number of nitrogens with one attached hydrogen (secondary N) is 1. The summed E-state index contributed by atoms with van der Waals surface area (Å²) in [6.07, 6.45) is 4.04. The van der Waals surface area contributed by atoms with E-state index in [1.165, 1.54) is 11.3 Å². The summed E-state index contributed by atoms with van der Waals surface area (Å²) >= 11 is 1.40. The number of amides is 3. The van der Waals surface area contributed by atoms with E-state index >= 15 is 0 Å². The highest BCUT2D eigenvalue weighted by molar-refractivity contribution is 7.20. The van der Waals surface area contributed by atoms with E-state index < -0.39 is 0 Å². The molecule has 2 fully saturated rings. The number of likely N-dealkylation sites (tertiary alicyclic amines) is 2. The zero-order valence-electron chi connectivity index (χ0n) is 17.1. The highest BCUT2D eigenvalue weighted by Crippen LogP contribution is 2.39. The van der Waals surface area contributed by atoms with Crippen molar-refractivity contribution in [1.82, 2.24) is 20.1 Å². The van der Waals surface area contributed by atoms with Gasteiger partial charge >= 0.3 is 0 Å². The first-order chi connectivity index (χ1) is 14.6. The summed E-state index contributed by atoms with van der Waals surface area (Å²) in [7, 11) is 1.63. The van der Waals surface area contributed by atoms with E-state index in [0.29, 0.717) is 37.5 Å². The smallest absolute Gasteiger partial charge is 0.261 e. The third-order valence-corrected chi connectivity index (χ3v) is 6.92. The Morgan fingerprint density at radius 2 is 2.23 bits per heavy atom. The van der Waals surface area contributed by atoms with Gasteiger partial charge < -0.3 is 19.9 Å². The molecule has 1 N–H and O–H groups in total. The molecule has 160 valence electrons. The van der Waals surface area contributed by atoms with Crippen molar-refractivity contribution in [3.63, 3.8) is 0 Å². The molecule has 0 aliphatic carbocycles. The van der Waals surface area contributed by atoms with Crippen molar-refractivity contribution < 1.29 is 19.1 Å². The Balaban J connectivity index is 1.36. The monoisotopic (exact) mass is 430 g/mol. The summed E-state index contributed by atoms with van der Waals surface area (Å²) in [5.41, 5.74) is 0.992. The van der Waals surface area contributed by atoms with E-state index in [2.05, 4.69) is 10.3 Å². The van der Waals surface area contributed by atoms with Crippen molar-refractivity contribution in [3.05, 3.63) is 28.8 Å². The van der Waals surface area contributed by atoms with E-state index in [4.69, 9.17) is 4.74 Å². The summed E-state index contributed by atoms with van der Waals surface area (Å²) < 4.78 is 5.54. The van der Waals surface area contributed by atoms with Gasteiger partial charge in [0.1, 0.15) is 11.4 Å². The topological polar surface area (TPSA) is 91.8 Å². The average molecular weight is 431 g/mol. The lowest BCUT2D eigenvalue weighted by Gasteiger charge is -2.18. The lowest BCUT2D eigenvalue weighted by molar-refractivity contribution is -0.135. The van der Waals surface area contributed by atoms with Gasteiger partial charge in [-0.05, 0) is 24.5 Å². The number of hydrogen-bond donors (Lipinski definition) is 1. The minimum Gasteiger partial charge on any atom is -0.370 e. The fourth-order valence-corrected chi connectivity index (χ4v) is 5.40. The van der Waals surface area contributed by atoms with Crippen LogP contribution in [0.15, 0.2) is 18.3 Å². The number of aromatic nitrogens is 1. The fourth-order valence-electron chi connectivity index (χ4n) is 4.23. The number of nitrogens with zero attached hydrogens (tertiary/aromatic N) is 3. The van der Waals surface area contributed by atoms with E-state index in [0.717, 1.165) is 35.2 Å². The van der Waals surface area contributed by atoms with Crippen LogP contribution in [0.1, 0.15) is 40.4 Å². The first-order valence-electron chi connectivity index (χ1n) is 10.3. The SMILES string of the molecule is CNC(=O)c1sc2ncccc2c1[C@@H]1CCN(C(=O)COCCN2CCCC2=O)C1. The van der Waals surface area contributed by atoms with Gasteiger partial charge in [0, 0.05) is 57.1 Å². The molecule has 0 bridgehead atoms. The molecule has 4 rings (SSSR count). The Kier molecular flexibility index (Phi) is 6.29. The van der Waals surface area contributed by atoms with E-state index in [1.807, 2.05) is 12.1 Å². The first kappa shape index (κ1) is 20.7. The van der Waals surface area contributed by atoms with Crippen LogP contribution >= 0.6 is 11.3 Å². The Morgan fingerprint density at radius 1 is 1.37 bits per heavy atom. The zero-order chi connectivity index (χ0) is 21.1. The van der Waals surface area contributed by atoms with Crippen LogP contribution in [-0.2, 0) is 14.3 Å². The molecule has 9 heteroatoms. The van der Waals surface area contributed by atoms with E-state index in [9.17, 15) is 14.4 Å². The van der Waals surface area contributed by atoms with Gasteiger partial charge in [-0.3, -0.25) is 14.4 Å². The van der Waals surface area contributed by atoms with Crippen molar-refractivity contribution >= 4 is 39.3 Å². The number of thiophene rings is 1. The highest BCUT2D eigenvalue weighted by Gasteiger charge is 2.32. The summed E-state index contributed by atoms with van der Waals surface area (Å²) in [5, 5.41) is 3.71. The Morgan fingerprint density at radius 3 is 3.00 bits per heavy atom. The number of rotatable bonds is 7. The molecule has 4 heterocycles. The van der Waals surface area contributed by atoms with Crippen LogP contribution in [0.5, 0.6) is 0 Å². The predicted octanol–water partition coefficient (Wildman–Crippen LogP) is 1.61. The number of fused-ring (bicyclic) bond motifs is 1. The summed E-state index contributed by atoms with van der Waals surface area (Å²) in [5.74, 6) is 0.0973. The summed E-state index contributed by atoms with van der Waals surface area (Å²) in [6.45, 7) is 2.92. The minimum atomic E-state index is -0.113. The molecule has 3 amide bonds. The van der Waals surface area contributed by atoms with Crippen LogP contribution in [0.4, 0.5) is 0 Å². The second kappa shape index (κ2) is 9.09. The van der Waals surface area contributed by atoms with Gasteiger partial charge in [0.15, 0.2) is 0 Å². The molecular weight excluding hydrogens is 404 g/mol. The molecule has 30 heavy (non-hydrogen) atoms. The van der Waals surface area contributed by atoms with E-state index in [-0.39, 0.29) is 30.2 Å². The third kappa shape index (κ3) is 4.17. The number of pyridine rings is 1. The molecule has 1 atom stereocenters. The standard InChI is InChI=1S/C21H26N4O4S/c1-22-20(28)19-18(15-4-2-7-23-21(15)30-19)14-6-9-25(12-14)17(27)13-29-11-10-24-8-3-5-16(24)26/h2,4,7,14H,3,5-6,8-13H2,1H3,(H,22,28)/t14-/m1/s1. The van der Waals surface area contributed by atoms with Gasteiger partial charge in [0.25, 0.3) is 5.91 Å². The molecule has 2 aromatic rings. The number of hydrogen-bond acceptors (Lipinski definition) is 6. The summed E-state index contributed by atoms with van der Waals surface area (Å²) in [4.78, 5) is 46.1. The molecule has 2 aliphatic rings. The van der Waals surface area contributed by atoms with Crippen LogP contribution in [0.3, 0.4) is 0 Å². The van der Waals surface area contributed by atoms with Crippen molar-refractivity contribution in [2.75, 3.05) is 46.4 Å². The minimum absolute atomic E-state index is 0.0169. The zero-order valence-corrected chi connectivity index (χ0v) is 17.9. The molecule has 0 radical (unpaired) electrons. The maximum Gasteiger partial charge on any atom is 0.261 e. The molecule has 0 saturated carbocycles. The molecular formula is C21H26N4O4S. The normalized spacial score (nSPS) is 19.1. The Labute approximate surface area is 179 Å². The molecule has 2 aromatic heterocycles. The lowest BCUT2D eigenvalue weighted by atomic mass is 9.95. The van der Waals surface area contributed by atoms with Crippen LogP contribution in [0.2, 0.25) is 0 Å². The van der Waals surface area contributed by atoms with E-state index in [1.54, 1.807) is 23.0 Å². The molecule has 0 spiro atoms. The van der Waals surface area contributed by atoms with Crippen molar-refractivity contribution in [1.29, 1.82) is 0 Å². The lowest BCUT2D eigenvalue weighted by Crippen LogP contribution is -2.34. The van der Waals surface area contributed by atoms with Crippen molar-refractivity contribution in [2.45, 2.75) is 25.2 Å². The van der Waals surface area contributed by atoms with Crippen LogP contribution < -0.4 is 5.32 Å². The largest absolute Gasteiger partial charge is 0.370 e. The number of carbonyl (C=O) groups excluding carboxylic acids is 3. The molecule has 2 saturated heterocycles. The Bertz CT molecular complexity index is 960. The van der Waals surface area contributed by atoms with Crippen molar-refractivity contribution in [3.8, 4) is 0 Å². The van der Waals surface area contributed by atoms with Gasteiger partial charge in [-0.15, -0.1) is 11.3 Å². The maximum absolute atomic E-state index is 12.6. The van der Waals surface area contributed by atoms with Gasteiger partial charge in [0.05, 0.1) is 11.5 Å². The van der Waals surface area contributed by atoms with Gasteiger partial charge in [-0.25, -0.2) is 4.98 Å². The van der Waals surface area contributed by atoms with Crippen LogP contribution in [-0.4, -0.2) is 78.9 Å².